The molecule has 2 N–H and O–H groups in total. The maximum atomic E-state index is 11.5. The maximum absolute atomic E-state index is 11.5. The number of hydrogen-bond acceptors (Lipinski definition) is 4. The van der Waals surface area contributed by atoms with Crippen LogP contribution >= 0.6 is 22.6 Å². The summed E-state index contributed by atoms with van der Waals surface area (Å²) in [4.78, 5) is 11.5. The molecule has 5 heteroatoms. The lowest BCUT2D eigenvalue weighted by Crippen LogP contribution is -2.02. The molecule has 0 aliphatic rings. The molecule has 0 aliphatic heterocycles. The smallest absolute Gasteiger partial charge is 0.337 e. The molecule has 19 heavy (non-hydrogen) atoms. The van der Waals surface area contributed by atoms with Gasteiger partial charge in [0.2, 0.25) is 0 Å². The summed E-state index contributed by atoms with van der Waals surface area (Å²) >= 11 is 2.17. The molecular formula is C14H12INO3. The number of rotatable bonds is 3. The third-order valence-corrected chi connectivity index (χ3v) is 3.38. The lowest BCUT2D eigenvalue weighted by Gasteiger charge is -2.11. The minimum Gasteiger partial charge on any atom is -0.465 e. The van der Waals surface area contributed by atoms with E-state index in [1.165, 1.54) is 7.11 Å². The summed E-state index contributed by atoms with van der Waals surface area (Å²) in [6.07, 6.45) is 0. The lowest BCUT2D eigenvalue weighted by atomic mass is 10.2. The van der Waals surface area contributed by atoms with Gasteiger partial charge < -0.3 is 15.2 Å². The Labute approximate surface area is 124 Å². The molecular weight excluding hydrogens is 357 g/mol. The van der Waals surface area contributed by atoms with Crippen molar-refractivity contribution in [2.75, 3.05) is 12.8 Å². The van der Waals surface area contributed by atoms with Gasteiger partial charge in [0, 0.05) is 0 Å². The van der Waals surface area contributed by atoms with E-state index in [-0.39, 0.29) is 0 Å². The Morgan fingerprint density at radius 2 is 1.89 bits per heavy atom. The number of anilines is 1. The third-order valence-electron chi connectivity index (χ3n) is 2.49. The first-order chi connectivity index (χ1) is 9.11. The normalized spacial score (nSPS) is 10.0. The highest BCUT2D eigenvalue weighted by Gasteiger charge is 2.11. The number of hydrogen-bond donors (Lipinski definition) is 1. The molecule has 0 aliphatic carbocycles. The fraction of sp³-hybridized carbons (Fsp3) is 0.0714. The van der Waals surface area contributed by atoms with Crippen LogP contribution in [0.3, 0.4) is 0 Å². The Kier molecular flexibility index (Phi) is 4.26. The molecule has 98 valence electrons. The van der Waals surface area contributed by atoms with Gasteiger partial charge in [0.15, 0.2) is 5.75 Å². The average molecular weight is 369 g/mol. The minimum atomic E-state index is -0.424. The van der Waals surface area contributed by atoms with Crippen LogP contribution in [0.5, 0.6) is 11.5 Å². The van der Waals surface area contributed by atoms with Crippen molar-refractivity contribution in [3.8, 4) is 11.5 Å². The molecule has 0 saturated heterocycles. The molecule has 0 amide bonds. The summed E-state index contributed by atoms with van der Waals surface area (Å²) in [5.41, 5.74) is 6.72. The summed E-state index contributed by atoms with van der Waals surface area (Å²) in [5.74, 6) is 0.705. The van der Waals surface area contributed by atoms with E-state index in [1.807, 2.05) is 24.3 Å². The fourth-order valence-electron chi connectivity index (χ4n) is 1.51. The van der Waals surface area contributed by atoms with Crippen LogP contribution in [0.4, 0.5) is 5.69 Å². The first-order valence-electron chi connectivity index (χ1n) is 5.52. The molecule has 2 aromatic rings. The van der Waals surface area contributed by atoms with Crippen molar-refractivity contribution in [3.05, 3.63) is 51.6 Å². The van der Waals surface area contributed by atoms with Crippen molar-refractivity contribution in [2.45, 2.75) is 0 Å². The van der Waals surface area contributed by atoms with Crippen LogP contribution in [-0.2, 0) is 4.74 Å². The molecule has 2 rings (SSSR count). The van der Waals surface area contributed by atoms with Crippen LogP contribution in [0, 0.1) is 3.57 Å². The fourth-order valence-corrected chi connectivity index (χ4v) is 2.01. The lowest BCUT2D eigenvalue weighted by molar-refractivity contribution is 0.0600. The molecule has 0 aromatic heterocycles. The monoisotopic (exact) mass is 369 g/mol. The summed E-state index contributed by atoms with van der Waals surface area (Å²) in [6, 6.07) is 12.4. The zero-order valence-electron chi connectivity index (χ0n) is 10.2. The average Bonchev–Trinajstić information content (AvgIpc) is 2.42. The summed E-state index contributed by atoms with van der Waals surface area (Å²) in [5, 5.41) is 0. The third kappa shape index (κ3) is 3.17. The van der Waals surface area contributed by atoms with Crippen molar-refractivity contribution in [2.24, 2.45) is 0 Å². The number of para-hydroxylation sites is 1. The number of ether oxygens (including phenoxy) is 2. The van der Waals surface area contributed by atoms with Gasteiger partial charge in [-0.25, -0.2) is 4.79 Å². The highest BCUT2D eigenvalue weighted by molar-refractivity contribution is 14.1. The summed E-state index contributed by atoms with van der Waals surface area (Å²) in [7, 11) is 1.33. The molecule has 2 aromatic carbocycles. The topological polar surface area (TPSA) is 61.5 Å². The number of nitrogens with two attached hydrogens (primary N) is 1. The van der Waals surface area contributed by atoms with Gasteiger partial charge in [-0.15, -0.1) is 0 Å². The van der Waals surface area contributed by atoms with Crippen molar-refractivity contribution in [1.29, 1.82) is 0 Å². The van der Waals surface area contributed by atoms with Crippen molar-refractivity contribution < 1.29 is 14.3 Å². The van der Waals surface area contributed by atoms with Gasteiger partial charge in [0.05, 0.1) is 21.9 Å². The molecule has 0 unspecified atom stereocenters. The number of halogens is 1. The van der Waals surface area contributed by atoms with Crippen molar-refractivity contribution in [3.63, 3.8) is 0 Å². The maximum Gasteiger partial charge on any atom is 0.337 e. The zero-order chi connectivity index (χ0) is 13.8. The van der Waals surface area contributed by atoms with Gasteiger partial charge in [0.1, 0.15) is 5.75 Å². The van der Waals surface area contributed by atoms with E-state index >= 15 is 0 Å². The van der Waals surface area contributed by atoms with Crippen LogP contribution in [-0.4, -0.2) is 13.1 Å². The number of carbonyl (C=O) groups is 1. The first kappa shape index (κ1) is 13.7. The number of carbonyl (C=O) groups excluding carboxylic acids is 1. The van der Waals surface area contributed by atoms with Crippen molar-refractivity contribution in [1.82, 2.24) is 0 Å². The molecule has 0 saturated carbocycles. The van der Waals surface area contributed by atoms with Crippen LogP contribution in [0.1, 0.15) is 10.4 Å². The SMILES string of the molecule is COC(=O)c1ccc(N)c(Oc2ccccc2I)c1. The molecule has 0 atom stereocenters. The van der Waals surface area contributed by atoms with Crippen LogP contribution < -0.4 is 10.5 Å². The van der Waals surface area contributed by atoms with Crippen LogP contribution in [0.2, 0.25) is 0 Å². The number of methoxy groups -OCH3 is 1. The van der Waals surface area contributed by atoms with Gasteiger partial charge in [-0.1, -0.05) is 12.1 Å². The van der Waals surface area contributed by atoms with Gasteiger partial charge in [-0.3, -0.25) is 0 Å². The van der Waals surface area contributed by atoms with Gasteiger partial charge in [-0.2, -0.15) is 0 Å². The van der Waals surface area contributed by atoms with E-state index in [4.69, 9.17) is 10.5 Å². The Hall–Kier alpha value is -1.76. The number of benzene rings is 2. The molecule has 4 nitrogen and oxygen atoms in total. The molecule has 0 bridgehead atoms. The molecule has 0 radical (unpaired) electrons. The highest BCUT2D eigenvalue weighted by atomic mass is 127. The predicted octanol–water partition coefficient (Wildman–Crippen LogP) is 3.45. The zero-order valence-corrected chi connectivity index (χ0v) is 12.4. The van der Waals surface area contributed by atoms with Crippen LogP contribution in [0.25, 0.3) is 0 Å². The van der Waals surface area contributed by atoms with Gasteiger partial charge >= 0.3 is 5.97 Å². The Morgan fingerprint density at radius 1 is 1.16 bits per heavy atom. The van der Waals surface area contributed by atoms with Crippen molar-refractivity contribution >= 4 is 34.2 Å². The van der Waals surface area contributed by atoms with E-state index in [1.54, 1.807) is 18.2 Å². The standard InChI is InChI=1S/C14H12INO3/c1-18-14(17)9-6-7-11(16)13(8-9)19-12-5-3-2-4-10(12)15/h2-8H,16H2,1H3. The summed E-state index contributed by atoms with van der Waals surface area (Å²) in [6.45, 7) is 0. The van der Waals surface area contributed by atoms with Gasteiger partial charge in [-0.05, 0) is 52.9 Å². The van der Waals surface area contributed by atoms with E-state index in [0.29, 0.717) is 22.7 Å². The second-order valence-electron chi connectivity index (χ2n) is 3.78. The number of nitrogen functional groups attached to an aromatic ring is 1. The van der Waals surface area contributed by atoms with E-state index in [0.717, 1.165) is 3.57 Å². The molecule has 0 heterocycles. The Bertz CT molecular complexity index is 613. The largest absolute Gasteiger partial charge is 0.465 e. The molecule has 0 spiro atoms. The highest BCUT2D eigenvalue weighted by Crippen LogP contribution is 2.31. The first-order valence-corrected chi connectivity index (χ1v) is 6.60. The van der Waals surface area contributed by atoms with E-state index in [9.17, 15) is 4.79 Å². The Balaban J connectivity index is 2.34. The number of esters is 1. The Morgan fingerprint density at radius 3 is 2.58 bits per heavy atom. The van der Waals surface area contributed by atoms with Gasteiger partial charge in [0.25, 0.3) is 0 Å². The van der Waals surface area contributed by atoms with E-state index in [2.05, 4.69) is 27.3 Å². The second kappa shape index (κ2) is 5.92. The quantitative estimate of drug-likeness (QED) is 0.512. The second-order valence-corrected chi connectivity index (χ2v) is 4.94. The summed E-state index contributed by atoms with van der Waals surface area (Å²) < 4.78 is 11.4. The predicted molar refractivity (Wildman–Crippen MR) is 81.4 cm³/mol. The molecule has 0 fully saturated rings. The minimum absolute atomic E-state index is 0.401. The van der Waals surface area contributed by atoms with E-state index < -0.39 is 5.97 Å². The van der Waals surface area contributed by atoms with Crippen LogP contribution in [0.15, 0.2) is 42.5 Å².